The molecule has 11 heteroatoms. The SMILES string of the molecule is COC1CCC(=Cc2cc([C@@H]3O[C@H](COC(C)=O)[C@@H](OC(C)=O)[C@H](OC(C)=O)[C@H]3OC(C)=O)ccc2Cl)CC1. The molecule has 1 saturated heterocycles. The van der Waals surface area contributed by atoms with Gasteiger partial charge >= 0.3 is 23.9 Å². The van der Waals surface area contributed by atoms with Crippen LogP contribution in [-0.2, 0) is 47.6 Å². The number of allylic oxidation sites excluding steroid dienone is 1. The van der Waals surface area contributed by atoms with Gasteiger partial charge in [-0.2, -0.15) is 0 Å². The van der Waals surface area contributed by atoms with Gasteiger partial charge in [0.15, 0.2) is 18.3 Å². The molecule has 1 saturated carbocycles. The van der Waals surface area contributed by atoms with Crippen LogP contribution in [0.15, 0.2) is 23.8 Å². The predicted molar refractivity (Wildman–Crippen MR) is 140 cm³/mol. The van der Waals surface area contributed by atoms with Crippen LogP contribution in [0.3, 0.4) is 0 Å². The zero-order valence-electron chi connectivity index (χ0n) is 22.8. The van der Waals surface area contributed by atoms with Gasteiger partial charge in [-0.05, 0) is 48.9 Å². The van der Waals surface area contributed by atoms with Gasteiger partial charge in [-0.15, -0.1) is 0 Å². The summed E-state index contributed by atoms with van der Waals surface area (Å²) in [5.41, 5.74) is 2.55. The molecular formula is C28H35ClO10. The maximum Gasteiger partial charge on any atom is 0.303 e. The first kappa shape index (κ1) is 30.6. The molecule has 39 heavy (non-hydrogen) atoms. The van der Waals surface area contributed by atoms with E-state index in [0.717, 1.165) is 31.2 Å². The summed E-state index contributed by atoms with van der Waals surface area (Å²) in [5.74, 6) is -2.60. The Morgan fingerprint density at radius 3 is 2.05 bits per heavy atom. The lowest BCUT2D eigenvalue weighted by Crippen LogP contribution is -2.59. The highest BCUT2D eigenvalue weighted by molar-refractivity contribution is 6.32. The van der Waals surface area contributed by atoms with Crippen LogP contribution in [0, 0.1) is 0 Å². The van der Waals surface area contributed by atoms with Crippen LogP contribution in [0.4, 0.5) is 0 Å². The number of esters is 4. The third kappa shape index (κ3) is 8.52. The normalized spacial score (nSPS) is 26.8. The molecule has 0 amide bonds. The third-order valence-corrected chi connectivity index (χ3v) is 6.95. The molecule has 1 aromatic carbocycles. The third-order valence-electron chi connectivity index (χ3n) is 6.61. The van der Waals surface area contributed by atoms with E-state index in [-0.39, 0.29) is 12.7 Å². The fraction of sp³-hybridized carbons (Fsp3) is 0.571. The van der Waals surface area contributed by atoms with Gasteiger partial charge in [-0.3, -0.25) is 19.2 Å². The van der Waals surface area contributed by atoms with Crippen LogP contribution in [0.5, 0.6) is 0 Å². The van der Waals surface area contributed by atoms with E-state index in [1.54, 1.807) is 19.2 Å². The van der Waals surface area contributed by atoms with E-state index >= 15 is 0 Å². The van der Waals surface area contributed by atoms with Gasteiger partial charge in [0.25, 0.3) is 0 Å². The molecule has 0 aromatic heterocycles. The average molecular weight is 567 g/mol. The highest BCUT2D eigenvalue weighted by Gasteiger charge is 2.52. The Kier molecular flexibility index (Phi) is 10.9. The number of carbonyl (C=O) groups is 4. The predicted octanol–water partition coefficient (Wildman–Crippen LogP) is 4.11. The minimum absolute atomic E-state index is 0.238. The second-order valence-electron chi connectivity index (χ2n) is 9.64. The van der Waals surface area contributed by atoms with Crippen LogP contribution in [0.25, 0.3) is 6.08 Å². The lowest BCUT2D eigenvalue weighted by Gasteiger charge is -2.44. The van der Waals surface area contributed by atoms with Gasteiger partial charge in [0.2, 0.25) is 0 Å². The van der Waals surface area contributed by atoms with Gasteiger partial charge < -0.3 is 28.4 Å². The topological polar surface area (TPSA) is 124 Å². The molecular weight excluding hydrogens is 532 g/mol. The van der Waals surface area contributed by atoms with Crippen molar-refractivity contribution in [3.63, 3.8) is 0 Å². The summed E-state index contributed by atoms with van der Waals surface area (Å²) in [6.07, 6.45) is 0.222. The molecule has 1 aliphatic carbocycles. The first-order valence-electron chi connectivity index (χ1n) is 12.8. The molecule has 3 rings (SSSR count). The Bertz CT molecular complexity index is 1090. The van der Waals surface area contributed by atoms with Crippen LogP contribution >= 0.6 is 11.6 Å². The lowest BCUT2D eigenvalue weighted by atomic mass is 9.88. The summed E-state index contributed by atoms with van der Waals surface area (Å²) in [4.78, 5) is 47.8. The van der Waals surface area contributed by atoms with Crippen molar-refractivity contribution in [3.05, 3.63) is 39.9 Å². The first-order valence-corrected chi connectivity index (χ1v) is 13.2. The largest absolute Gasteiger partial charge is 0.463 e. The number of hydrogen-bond acceptors (Lipinski definition) is 10. The molecule has 0 spiro atoms. The fourth-order valence-electron chi connectivity index (χ4n) is 4.91. The van der Waals surface area contributed by atoms with E-state index in [4.69, 9.17) is 40.0 Å². The Balaban J connectivity index is 2.03. The average Bonchev–Trinajstić information content (AvgIpc) is 2.86. The van der Waals surface area contributed by atoms with Crippen molar-refractivity contribution in [2.24, 2.45) is 0 Å². The zero-order valence-corrected chi connectivity index (χ0v) is 23.5. The maximum absolute atomic E-state index is 12.1. The molecule has 1 aliphatic heterocycles. The Morgan fingerprint density at radius 2 is 1.49 bits per heavy atom. The van der Waals surface area contributed by atoms with Crippen LogP contribution < -0.4 is 0 Å². The van der Waals surface area contributed by atoms with Crippen molar-refractivity contribution in [1.29, 1.82) is 0 Å². The molecule has 2 aliphatic rings. The van der Waals surface area contributed by atoms with E-state index in [9.17, 15) is 19.2 Å². The molecule has 1 aromatic rings. The van der Waals surface area contributed by atoms with Gasteiger partial charge in [0, 0.05) is 39.8 Å². The summed E-state index contributed by atoms with van der Waals surface area (Å²) in [6, 6.07) is 5.24. The van der Waals surface area contributed by atoms with Crippen molar-refractivity contribution >= 4 is 41.6 Å². The maximum atomic E-state index is 12.1. The second-order valence-corrected chi connectivity index (χ2v) is 10.0. The van der Waals surface area contributed by atoms with E-state index in [0.29, 0.717) is 10.6 Å². The van der Waals surface area contributed by atoms with Gasteiger partial charge in [-0.1, -0.05) is 29.3 Å². The van der Waals surface area contributed by atoms with Crippen LogP contribution in [0.1, 0.15) is 70.6 Å². The summed E-state index contributed by atoms with van der Waals surface area (Å²) in [7, 11) is 1.72. The Labute approximate surface area is 232 Å². The van der Waals surface area contributed by atoms with E-state index in [1.807, 2.05) is 12.1 Å². The standard InChI is InChI=1S/C28H35ClO10/c1-15(30)35-14-24-26(36-16(2)31)28(38-18(4)33)27(37-17(3)32)25(39-24)20-8-11-23(29)21(13-20)12-19-6-9-22(34-5)10-7-19/h8,11-13,22,24-28H,6-7,9-10,14H2,1-5H3/t22?,24-,25+,26-,27+,28+/m1/s1. The number of ether oxygens (including phenoxy) is 6. The minimum atomic E-state index is -1.24. The highest BCUT2D eigenvalue weighted by atomic mass is 35.5. The number of methoxy groups -OCH3 is 1. The quantitative estimate of drug-likeness (QED) is 0.335. The molecule has 2 fully saturated rings. The van der Waals surface area contributed by atoms with E-state index < -0.39 is 54.4 Å². The fourth-order valence-corrected chi connectivity index (χ4v) is 5.08. The monoisotopic (exact) mass is 566 g/mol. The molecule has 0 unspecified atom stereocenters. The molecule has 0 bridgehead atoms. The molecule has 214 valence electrons. The summed E-state index contributed by atoms with van der Waals surface area (Å²) < 4.78 is 33.5. The number of rotatable bonds is 8. The van der Waals surface area contributed by atoms with Crippen molar-refractivity contribution in [3.8, 4) is 0 Å². The summed E-state index contributed by atoms with van der Waals surface area (Å²) in [6.45, 7) is 4.51. The number of hydrogen-bond donors (Lipinski definition) is 0. The second kappa shape index (κ2) is 13.9. The Hall–Kier alpha value is -2.95. The van der Waals surface area contributed by atoms with Crippen molar-refractivity contribution in [2.45, 2.75) is 90.0 Å². The van der Waals surface area contributed by atoms with Gasteiger partial charge in [0.1, 0.15) is 18.8 Å². The zero-order chi connectivity index (χ0) is 28.7. The number of benzene rings is 1. The van der Waals surface area contributed by atoms with Crippen LogP contribution in [0.2, 0.25) is 5.02 Å². The Morgan fingerprint density at radius 1 is 0.897 bits per heavy atom. The van der Waals surface area contributed by atoms with E-state index in [2.05, 4.69) is 0 Å². The van der Waals surface area contributed by atoms with Crippen LogP contribution in [-0.4, -0.2) is 68.1 Å². The van der Waals surface area contributed by atoms with Gasteiger partial charge in [0.05, 0.1) is 6.10 Å². The lowest BCUT2D eigenvalue weighted by molar-refractivity contribution is -0.254. The molecule has 0 radical (unpaired) electrons. The molecule has 0 N–H and O–H groups in total. The minimum Gasteiger partial charge on any atom is -0.463 e. The van der Waals surface area contributed by atoms with Crippen molar-refractivity contribution in [1.82, 2.24) is 0 Å². The van der Waals surface area contributed by atoms with E-state index in [1.165, 1.54) is 33.3 Å². The molecule has 1 heterocycles. The number of carbonyl (C=O) groups excluding carboxylic acids is 4. The molecule has 10 nitrogen and oxygen atoms in total. The number of halogens is 1. The smallest absolute Gasteiger partial charge is 0.303 e. The highest BCUT2D eigenvalue weighted by Crippen LogP contribution is 2.39. The first-order chi connectivity index (χ1) is 18.5. The van der Waals surface area contributed by atoms with Crippen molar-refractivity contribution < 1.29 is 47.6 Å². The molecule has 5 atom stereocenters. The summed E-state index contributed by atoms with van der Waals surface area (Å²) in [5, 5.41) is 0.519. The van der Waals surface area contributed by atoms with Gasteiger partial charge in [-0.25, -0.2) is 0 Å². The van der Waals surface area contributed by atoms with Crippen molar-refractivity contribution in [2.75, 3.05) is 13.7 Å². The summed E-state index contributed by atoms with van der Waals surface area (Å²) >= 11 is 6.54.